The fourth-order valence-corrected chi connectivity index (χ4v) is 2.50. The normalized spacial score (nSPS) is 12.2. The SMILES string of the molecule is CC(O)c1ccc(N(C)CCc2ccccc2)cc1Cl. The van der Waals surface area contributed by atoms with Gasteiger partial charge in [-0.2, -0.15) is 0 Å². The Labute approximate surface area is 125 Å². The lowest BCUT2D eigenvalue weighted by Gasteiger charge is -2.20. The molecule has 0 heterocycles. The fraction of sp³-hybridized carbons (Fsp3) is 0.294. The summed E-state index contributed by atoms with van der Waals surface area (Å²) >= 11 is 6.20. The van der Waals surface area contributed by atoms with Gasteiger partial charge in [0.2, 0.25) is 0 Å². The van der Waals surface area contributed by atoms with E-state index in [0.717, 1.165) is 24.2 Å². The molecular formula is C17H20ClNO. The number of halogens is 1. The summed E-state index contributed by atoms with van der Waals surface area (Å²) < 4.78 is 0. The van der Waals surface area contributed by atoms with E-state index in [4.69, 9.17) is 11.6 Å². The van der Waals surface area contributed by atoms with Gasteiger partial charge in [0.25, 0.3) is 0 Å². The second-order valence-corrected chi connectivity index (χ2v) is 5.45. The molecule has 2 aromatic rings. The highest BCUT2D eigenvalue weighted by Crippen LogP contribution is 2.27. The molecule has 2 aromatic carbocycles. The van der Waals surface area contributed by atoms with Gasteiger partial charge in [0.15, 0.2) is 0 Å². The van der Waals surface area contributed by atoms with E-state index in [2.05, 4.69) is 36.2 Å². The van der Waals surface area contributed by atoms with Crippen molar-refractivity contribution in [1.82, 2.24) is 0 Å². The Bertz CT molecular complexity index is 554. The summed E-state index contributed by atoms with van der Waals surface area (Å²) in [4.78, 5) is 2.17. The second-order valence-electron chi connectivity index (χ2n) is 5.04. The smallest absolute Gasteiger partial charge is 0.0776 e. The molecule has 0 saturated heterocycles. The zero-order valence-electron chi connectivity index (χ0n) is 11.9. The molecule has 20 heavy (non-hydrogen) atoms. The number of rotatable bonds is 5. The maximum Gasteiger partial charge on any atom is 0.0776 e. The third kappa shape index (κ3) is 3.75. The number of aliphatic hydroxyl groups is 1. The molecule has 0 saturated carbocycles. The van der Waals surface area contributed by atoms with E-state index in [9.17, 15) is 5.11 Å². The standard InChI is InChI=1S/C17H20ClNO/c1-13(20)16-9-8-15(12-17(16)18)19(2)11-10-14-6-4-3-5-7-14/h3-9,12-13,20H,10-11H2,1-2H3. The molecule has 0 spiro atoms. The van der Waals surface area contributed by atoms with Gasteiger partial charge in [-0.05, 0) is 36.6 Å². The maximum atomic E-state index is 9.59. The van der Waals surface area contributed by atoms with E-state index in [1.54, 1.807) is 6.92 Å². The number of aliphatic hydroxyl groups excluding tert-OH is 1. The van der Waals surface area contributed by atoms with Crippen LogP contribution in [-0.4, -0.2) is 18.7 Å². The summed E-state index contributed by atoms with van der Waals surface area (Å²) in [5.41, 5.74) is 3.16. The summed E-state index contributed by atoms with van der Waals surface area (Å²) in [5, 5.41) is 10.2. The van der Waals surface area contributed by atoms with Crippen LogP contribution in [0.4, 0.5) is 5.69 Å². The van der Waals surface area contributed by atoms with Gasteiger partial charge in [0.05, 0.1) is 6.10 Å². The zero-order valence-corrected chi connectivity index (χ0v) is 12.6. The minimum Gasteiger partial charge on any atom is -0.389 e. The zero-order chi connectivity index (χ0) is 14.5. The van der Waals surface area contributed by atoms with Crippen LogP contribution in [0.1, 0.15) is 24.2 Å². The molecule has 2 rings (SSSR count). The topological polar surface area (TPSA) is 23.5 Å². The molecule has 0 bridgehead atoms. The molecule has 0 aromatic heterocycles. The first-order valence-corrected chi connectivity index (χ1v) is 7.18. The Hall–Kier alpha value is -1.51. The summed E-state index contributed by atoms with van der Waals surface area (Å²) in [6.45, 7) is 2.65. The van der Waals surface area contributed by atoms with Gasteiger partial charge in [0, 0.05) is 24.3 Å². The second kappa shape index (κ2) is 6.78. The molecule has 0 aliphatic rings. The molecule has 1 unspecified atom stereocenters. The van der Waals surface area contributed by atoms with Crippen LogP contribution in [0.5, 0.6) is 0 Å². The van der Waals surface area contributed by atoms with Crippen LogP contribution in [0, 0.1) is 0 Å². The van der Waals surface area contributed by atoms with E-state index in [1.165, 1.54) is 5.56 Å². The van der Waals surface area contributed by atoms with Crippen molar-refractivity contribution in [3.05, 3.63) is 64.7 Å². The fourth-order valence-electron chi connectivity index (χ4n) is 2.16. The Morgan fingerprint density at radius 1 is 1.15 bits per heavy atom. The van der Waals surface area contributed by atoms with Crippen LogP contribution in [0.15, 0.2) is 48.5 Å². The first-order valence-electron chi connectivity index (χ1n) is 6.80. The van der Waals surface area contributed by atoms with Crippen molar-refractivity contribution >= 4 is 17.3 Å². The van der Waals surface area contributed by atoms with E-state index in [0.29, 0.717) is 5.02 Å². The van der Waals surface area contributed by atoms with Gasteiger partial charge in [-0.15, -0.1) is 0 Å². The average Bonchev–Trinajstić information content (AvgIpc) is 2.45. The largest absolute Gasteiger partial charge is 0.389 e. The van der Waals surface area contributed by atoms with E-state index >= 15 is 0 Å². The van der Waals surface area contributed by atoms with Crippen LogP contribution in [0.3, 0.4) is 0 Å². The summed E-state index contributed by atoms with van der Waals surface area (Å²) in [5.74, 6) is 0. The van der Waals surface area contributed by atoms with Crippen molar-refractivity contribution < 1.29 is 5.11 Å². The van der Waals surface area contributed by atoms with E-state index in [-0.39, 0.29) is 0 Å². The lowest BCUT2D eigenvalue weighted by atomic mass is 10.1. The minimum absolute atomic E-state index is 0.536. The Morgan fingerprint density at radius 3 is 2.45 bits per heavy atom. The highest BCUT2D eigenvalue weighted by Gasteiger charge is 2.09. The number of anilines is 1. The van der Waals surface area contributed by atoms with E-state index < -0.39 is 6.10 Å². The summed E-state index contributed by atoms with van der Waals surface area (Å²) in [6, 6.07) is 16.2. The first-order chi connectivity index (χ1) is 9.58. The predicted molar refractivity (Wildman–Crippen MR) is 85.5 cm³/mol. The third-order valence-electron chi connectivity index (χ3n) is 3.45. The van der Waals surface area contributed by atoms with Crippen molar-refractivity contribution in [1.29, 1.82) is 0 Å². The highest BCUT2D eigenvalue weighted by molar-refractivity contribution is 6.31. The van der Waals surface area contributed by atoms with Crippen molar-refractivity contribution in [2.24, 2.45) is 0 Å². The van der Waals surface area contributed by atoms with Crippen LogP contribution < -0.4 is 4.90 Å². The molecule has 0 aliphatic heterocycles. The molecule has 3 heteroatoms. The van der Waals surface area contributed by atoms with Gasteiger partial charge >= 0.3 is 0 Å². The molecule has 0 fully saturated rings. The number of benzene rings is 2. The lowest BCUT2D eigenvalue weighted by molar-refractivity contribution is 0.199. The van der Waals surface area contributed by atoms with Crippen LogP contribution in [0.2, 0.25) is 5.02 Å². The number of likely N-dealkylation sites (N-methyl/N-ethyl adjacent to an activating group) is 1. The molecule has 0 amide bonds. The van der Waals surface area contributed by atoms with Crippen LogP contribution in [0.25, 0.3) is 0 Å². The number of hydrogen-bond acceptors (Lipinski definition) is 2. The molecule has 106 valence electrons. The Morgan fingerprint density at radius 2 is 1.85 bits per heavy atom. The molecule has 2 nitrogen and oxygen atoms in total. The first kappa shape index (κ1) is 14.9. The molecule has 0 radical (unpaired) electrons. The summed E-state index contributed by atoms with van der Waals surface area (Å²) in [6.07, 6.45) is 0.457. The van der Waals surface area contributed by atoms with Gasteiger partial charge in [-0.3, -0.25) is 0 Å². The molecule has 0 aliphatic carbocycles. The predicted octanol–water partition coefficient (Wildman–Crippen LogP) is 4.07. The molecular weight excluding hydrogens is 270 g/mol. The number of hydrogen-bond donors (Lipinski definition) is 1. The van der Waals surface area contributed by atoms with Gasteiger partial charge in [-0.1, -0.05) is 48.0 Å². The molecule has 1 atom stereocenters. The van der Waals surface area contributed by atoms with Gasteiger partial charge in [0.1, 0.15) is 0 Å². The van der Waals surface area contributed by atoms with Crippen molar-refractivity contribution in [2.45, 2.75) is 19.4 Å². The van der Waals surface area contributed by atoms with Gasteiger partial charge in [-0.25, -0.2) is 0 Å². The monoisotopic (exact) mass is 289 g/mol. The third-order valence-corrected chi connectivity index (χ3v) is 3.78. The van der Waals surface area contributed by atoms with E-state index in [1.807, 2.05) is 24.3 Å². The minimum atomic E-state index is -0.536. The average molecular weight is 290 g/mol. The Kier molecular flexibility index (Phi) is 5.05. The lowest BCUT2D eigenvalue weighted by Crippen LogP contribution is -2.20. The maximum absolute atomic E-state index is 9.59. The summed E-state index contributed by atoms with van der Waals surface area (Å²) in [7, 11) is 2.05. The Balaban J connectivity index is 2.02. The van der Waals surface area contributed by atoms with Crippen molar-refractivity contribution in [3.8, 4) is 0 Å². The van der Waals surface area contributed by atoms with Crippen LogP contribution >= 0.6 is 11.6 Å². The van der Waals surface area contributed by atoms with Crippen molar-refractivity contribution in [3.63, 3.8) is 0 Å². The van der Waals surface area contributed by atoms with Gasteiger partial charge < -0.3 is 10.0 Å². The number of nitrogens with zero attached hydrogens (tertiary/aromatic N) is 1. The van der Waals surface area contributed by atoms with Crippen LogP contribution in [-0.2, 0) is 6.42 Å². The highest BCUT2D eigenvalue weighted by atomic mass is 35.5. The quantitative estimate of drug-likeness (QED) is 0.897. The van der Waals surface area contributed by atoms with Crippen molar-refractivity contribution in [2.75, 3.05) is 18.5 Å². The molecule has 1 N–H and O–H groups in total.